The van der Waals surface area contributed by atoms with Crippen LogP contribution < -0.4 is 26.4 Å². The maximum Gasteiger partial charge on any atom is 0.231 e. The number of thioether (sulfide) groups is 2. The monoisotopic (exact) mass is 1340 g/mol. The Hall–Kier alpha value is -7.28. The molecule has 1 unspecified atom stereocenters. The van der Waals surface area contributed by atoms with E-state index in [1.807, 2.05) is 87.7 Å². The van der Waals surface area contributed by atoms with E-state index in [0.717, 1.165) is 52.6 Å². The normalized spacial score (nSPS) is 12.2. The Bertz CT molecular complexity index is 3790. The smallest absolute Gasteiger partial charge is 0.231 e. The molecule has 1 amide bonds. The number of isocyanates is 1. The Kier molecular flexibility index (Phi) is 27.8. The zero-order valence-corrected chi connectivity index (χ0v) is 55.0. The van der Waals surface area contributed by atoms with Gasteiger partial charge in [-0.15, -0.1) is 31.7 Å². The van der Waals surface area contributed by atoms with Crippen LogP contribution >= 0.6 is 92.8 Å². The van der Waals surface area contributed by atoms with Crippen LogP contribution in [0.2, 0.25) is 0 Å². The van der Waals surface area contributed by atoms with Gasteiger partial charge in [0.2, 0.25) is 12.0 Å². The summed E-state index contributed by atoms with van der Waals surface area (Å²) in [7, 11) is 1.58. The number of aromatic nitrogens is 5. The van der Waals surface area contributed by atoms with Crippen LogP contribution in [0, 0.1) is 31.1 Å². The average Bonchev–Trinajstić information content (AvgIpc) is 4.49. The van der Waals surface area contributed by atoms with Gasteiger partial charge in [-0.25, -0.2) is 15.2 Å². The Morgan fingerprint density at radius 2 is 1.33 bits per heavy atom. The summed E-state index contributed by atoms with van der Waals surface area (Å²) in [5, 5.41) is 93.3. The number of aryl methyl sites for hydroxylation is 2. The summed E-state index contributed by atoms with van der Waals surface area (Å²) in [6.07, 6.45) is 5.09. The quantitative estimate of drug-likeness (QED) is 0.00523. The van der Waals surface area contributed by atoms with E-state index in [1.54, 1.807) is 18.9 Å². The molecule has 29 heteroatoms. The molecule has 464 valence electrons. The molecular formula is C59H64N10O11S8. The van der Waals surface area contributed by atoms with Crippen molar-refractivity contribution in [3.05, 3.63) is 114 Å². The Morgan fingerprint density at radius 1 is 0.750 bits per heavy atom. The number of nitrogens with one attached hydrogen (secondary N) is 4. The van der Waals surface area contributed by atoms with Gasteiger partial charge in [0.25, 0.3) is 0 Å². The van der Waals surface area contributed by atoms with Crippen molar-refractivity contribution in [1.82, 2.24) is 25.4 Å². The number of phenols is 6. The van der Waals surface area contributed by atoms with Crippen molar-refractivity contribution in [1.29, 1.82) is 5.41 Å². The SMILES string of the molecule is CC1CCc2c(O)c(Sc3nc4ccccc4s3)cc(O)c2NC1=O.COc1ccccc1Nc1cc(O)c(Sc2nnc(SCC(C)C)s2)cc1O.CSc1nnc(Sc2cc(O)c(Nc3ccc(C)cc3C)cc2O)s1.N=C=O.NCOCCC=O. The number of anilines is 5. The molecule has 0 radical (unpaired) electrons. The molecule has 21 nitrogen and oxygen atoms in total. The van der Waals surface area contributed by atoms with Gasteiger partial charge in [-0.05, 0) is 93.0 Å². The number of hydrogen-bond acceptors (Lipinski definition) is 28. The summed E-state index contributed by atoms with van der Waals surface area (Å²) in [6.45, 7) is 10.8. The Morgan fingerprint density at radius 3 is 1.92 bits per heavy atom. The molecule has 1 aliphatic heterocycles. The van der Waals surface area contributed by atoms with E-state index in [9.17, 15) is 40.2 Å². The average molecular weight is 1350 g/mol. The second-order valence-electron chi connectivity index (χ2n) is 18.9. The van der Waals surface area contributed by atoms with Gasteiger partial charge in [-0.3, -0.25) is 4.79 Å². The first-order valence-electron chi connectivity index (χ1n) is 26.5. The van der Waals surface area contributed by atoms with E-state index in [2.05, 4.69) is 66.0 Å². The largest absolute Gasteiger partial charge is 0.507 e. The van der Waals surface area contributed by atoms with Crippen molar-refractivity contribution in [2.45, 2.75) is 90.3 Å². The van der Waals surface area contributed by atoms with Gasteiger partial charge >= 0.3 is 0 Å². The minimum absolute atomic E-state index is 0.0186. The number of rotatable bonds is 19. The molecule has 88 heavy (non-hydrogen) atoms. The van der Waals surface area contributed by atoms with Gasteiger partial charge in [0.1, 0.15) is 46.5 Å². The third-order valence-electron chi connectivity index (χ3n) is 11.9. The molecule has 1 aliphatic rings. The molecule has 6 aromatic carbocycles. The number of fused-ring (bicyclic) bond motifs is 2. The fourth-order valence-electron chi connectivity index (χ4n) is 7.60. The molecule has 0 aliphatic carbocycles. The number of aldehydes is 1. The molecule has 0 fully saturated rings. The number of para-hydroxylation sites is 3. The molecule has 0 spiro atoms. The number of nitrogens with zero attached hydrogens (tertiary/aromatic N) is 5. The van der Waals surface area contributed by atoms with Gasteiger partial charge in [-0.1, -0.05) is 144 Å². The zero-order valence-electron chi connectivity index (χ0n) is 48.5. The van der Waals surface area contributed by atoms with Gasteiger partial charge in [0, 0.05) is 41.5 Å². The van der Waals surface area contributed by atoms with E-state index in [4.69, 9.17) is 20.7 Å². The number of benzene rings is 6. The van der Waals surface area contributed by atoms with Crippen LogP contribution in [-0.4, -0.2) is 107 Å². The lowest BCUT2D eigenvalue weighted by Gasteiger charge is -2.14. The molecule has 10 rings (SSSR count). The van der Waals surface area contributed by atoms with Crippen LogP contribution in [-0.2, 0) is 25.5 Å². The summed E-state index contributed by atoms with van der Waals surface area (Å²) in [5.74, 6) is 2.18. The van der Waals surface area contributed by atoms with E-state index in [-0.39, 0.29) is 53.1 Å². The topological polar surface area (TPSA) is 341 Å². The van der Waals surface area contributed by atoms with E-state index in [1.165, 1.54) is 117 Å². The van der Waals surface area contributed by atoms with Crippen molar-refractivity contribution in [3.63, 3.8) is 0 Å². The van der Waals surface area contributed by atoms with Crippen LogP contribution in [0.3, 0.4) is 0 Å². The van der Waals surface area contributed by atoms with Crippen LogP contribution in [0.5, 0.6) is 40.2 Å². The first-order chi connectivity index (χ1) is 42.3. The summed E-state index contributed by atoms with van der Waals surface area (Å²) in [4.78, 5) is 36.0. The molecule has 0 bridgehead atoms. The fourth-order valence-corrected chi connectivity index (χ4v) is 15.2. The standard InChI is InChI=1S/C19H21N3O3S3.C18H16N2O3S2.C17H17N3O2S3.C4H9NO2.CHNO/c1-11(2)10-26-18-21-22-19(28-18)27-17-9-14(23)13(8-15(17)24)20-12-6-4-5-7-16(12)25-3;1-9-6-7-10-15(20-17(9)23)12(21)8-14(16(10)22)25-18-19-11-4-2-3-5-13(11)24-18;1-9-4-5-11(10(2)6-9)18-12-7-14(22)15(8-13(12)21)24-17-20-19-16(23-3)25-17;5-4-7-3-1-2-6;2-1-3/h4-9,11,20,23-24H,10H2,1-3H3;2-5,8-9,21-22H,6-7H2,1H3,(H,20,23);4-8,18,21-22H,1-3H3;2H,1,3-5H2;2H. The summed E-state index contributed by atoms with van der Waals surface area (Å²) in [6, 6.07) is 28.8. The lowest BCUT2D eigenvalue weighted by atomic mass is 10.0. The number of carbonyl (C=O) groups excluding carboxylic acids is 3. The molecule has 1 atom stereocenters. The Balaban J connectivity index is 0.000000195. The van der Waals surface area contributed by atoms with Crippen molar-refractivity contribution in [3.8, 4) is 40.2 Å². The fraction of sp³-hybridized carbons (Fsp3) is 0.254. The van der Waals surface area contributed by atoms with Gasteiger partial charge in [-0.2, -0.15) is 0 Å². The van der Waals surface area contributed by atoms with Gasteiger partial charge in [0.05, 0.1) is 68.1 Å². The first kappa shape index (κ1) is 69.8. The Labute approximate surface area is 541 Å². The van der Waals surface area contributed by atoms with Crippen LogP contribution in [0.1, 0.15) is 50.3 Å². The van der Waals surface area contributed by atoms with E-state index in [0.29, 0.717) is 89.2 Å². The molecule has 0 saturated carbocycles. The highest BCUT2D eigenvalue weighted by molar-refractivity contribution is 8.03. The maximum absolute atomic E-state index is 12.0. The summed E-state index contributed by atoms with van der Waals surface area (Å²) in [5.41, 5.74) is 11.4. The molecule has 9 aromatic rings. The predicted octanol–water partition coefficient (Wildman–Crippen LogP) is 14.6. The van der Waals surface area contributed by atoms with E-state index >= 15 is 0 Å². The third-order valence-corrected chi connectivity index (χ3v) is 20.6. The number of thiazole rings is 1. The number of phenolic OH excluding ortho intramolecular Hbond substituents is 6. The third kappa shape index (κ3) is 20.7. The minimum atomic E-state index is -0.161. The minimum Gasteiger partial charge on any atom is -0.507 e. The van der Waals surface area contributed by atoms with E-state index < -0.39 is 0 Å². The van der Waals surface area contributed by atoms with Crippen LogP contribution in [0.4, 0.5) is 28.4 Å². The van der Waals surface area contributed by atoms with Crippen molar-refractivity contribution in [2.75, 3.05) is 48.4 Å². The molecule has 3 aromatic heterocycles. The predicted molar refractivity (Wildman–Crippen MR) is 354 cm³/mol. The number of aromatic hydroxyl groups is 6. The number of carbonyl (C=O) groups is 2. The molecule has 4 heterocycles. The molecular weight excluding hydrogens is 1280 g/mol. The number of hydrogen-bond donors (Lipinski definition) is 11. The highest BCUT2D eigenvalue weighted by atomic mass is 32.2. The second-order valence-corrected chi connectivity index (χ2v) is 28.1. The van der Waals surface area contributed by atoms with Crippen LogP contribution in [0.25, 0.3) is 10.2 Å². The first-order valence-corrected chi connectivity index (χ1v) is 33.6. The van der Waals surface area contributed by atoms with Crippen molar-refractivity contribution < 1.29 is 54.5 Å². The van der Waals surface area contributed by atoms with Gasteiger partial charge < -0.3 is 66.6 Å². The molecule has 12 N–H and O–H groups in total. The lowest BCUT2D eigenvalue weighted by Crippen LogP contribution is -2.18. The van der Waals surface area contributed by atoms with Gasteiger partial charge in [0.15, 0.2) is 21.7 Å². The lowest BCUT2D eigenvalue weighted by molar-refractivity contribution is -0.119. The number of ether oxygens (including phenoxy) is 2. The van der Waals surface area contributed by atoms with Crippen LogP contribution in [0.15, 0.2) is 133 Å². The number of nitrogens with two attached hydrogens (primary N) is 1. The highest BCUT2D eigenvalue weighted by Crippen LogP contribution is 2.48. The number of amides is 1. The van der Waals surface area contributed by atoms with Crippen molar-refractivity contribution in [2.24, 2.45) is 17.6 Å². The maximum atomic E-state index is 12.0. The highest BCUT2D eigenvalue weighted by Gasteiger charge is 2.27. The second kappa shape index (κ2) is 35.1. The summed E-state index contributed by atoms with van der Waals surface area (Å²) >= 11 is 11.5. The summed E-state index contributed by atoms with van der Waals surface area (Å²) < 4.78 is 15.0. The van der Waals surface area contributed by atoms with Crippen molar-refractivity contribution >= 4 is 150 Å². The zero-order chi connectivity index (χ0) is 63.9. The number of methoxy groups -OCH3 is 1. The molecule has 0 saturated heterocycles.